The molecule has 0 spiro atoms. The molecule has 1 amide bonds. The van der Waals surface area contributed by atoms with Crippen LogP contribution in [-0.2, 0) is 9.53 Å². The molecule has 0 bridgehead atoms. The first-order chi connectivity index (χ1) is 6.26. The van der Waals surface area contributed by atoms with E-state index in [1.807, 2.05) is 27.7 Å². The van der Waals surface area contributed by atoms with Crippen LogP contribution in [0.4, 0.5) is 4.79 Å². The van der Waals surface area contributed by atoms with Crippen molar-refractivity contribution in [1.29, 1.82) is 0 Å². The van der Waals surface area contributed by atoms with E-state index in [0.29, 0.717) is 13.1 Å². The van der Waals surface area contributed by atoms with Crippen LogP contribution in [0.2, 0.25) is 0 Å². The second kappa shape index (κ2) is 3.26. The lowest BCUT2D eigenvalue weighted by Crippen LogP contribution is -2.58. The number of hydrogen-bond acceptors (Lipinski definition) is 3. The van der Waals surface area contributed by atoms with Crippen LogP contribution in [0.5, 0.6) is 0 Å². The monoisotopic (exact) mass is 199 g/mol. The Bertz CT molecular complexity index is 249. The Balaban J connectivity index is 2.41. The number of aldehydes is 1. The van der Waals surface area contributed by atoms with E-state index in [1.54, 1.807) is 4.90 Å². The molecule has 80 valence electrons. The molecule has 1 aliphatic heterocycles. The average molecular weight is 199 g/mol. The highest BCUT2D eigenvalue weighted by molar-refractivity contribution is 5.73. The molecular weight excluding hydrogens is 182 g/mol. The Morgan fingerprint density at radius 3 is 2.29 bits per heavy atom. The maximum Gasteiger partial charge on any atom is 0.410 e. The van der Waals surface area contributed by atoms with E-state index in [9.17, 15) is 9.59 Å². The molecule has 0 saturated carbocycles. The van der Waals surface area contributed by atoms with Crippen LogP contribution in [0.1, 0.15) is 27.7 Å². The van der Waals surface area contributed by atoms with E-state index >= 15 is 0 Å². The molecule has 1 heterocycles. The van der Waals surface area contributed by atoms with Gasteiger partial charge in [0.25, 0.3) is 0 Å². The van der Waals surface area contributed by atoms with Crippen LogP contribution in [-0.4, -0.2) is 36.0 Å². The van der Waals surface area contributed by atoms with Crippen molar-refractivity contribution in [3.8, 4) is 0 Å². The fourth-order valence-electron chi connectivity index (χ4n) is 1.36. The molecule has 4 nitrogen and oxygen atoms in total. The van der Waals surface area contributed by atoms with Gasteiger partial charge in [-0.05, 0) is 27.7 Å². The van der Waals surface area contributed by atoms with Gasteiger partial charge in [0.2, 0.25) is 0 Å². The number of likely N-dealkylation sites (tertiary alicyclic amines) is 1. The standard InChI is InChI=1S/C10H17NO3/c1-9(2,3)14-8(13)11-5-10(4,6-11)7-12/h7H,5-6H2,1-4H3. The van der Waals surface area contributed by atoms with Crippen LogP contribution < -0.4 is 0 Å². The zero-order valence-corrected chi connectivity index (χ0v) is 9.16. The molecule has 1 fully saturated rings. The number of hydrogen-bond donors (Lipinski definition) is 0. The molecule has 0 aromatic carbocycles. The number of ether oxygens (including phenoxy) is 1. The van der Waals surface area contributed by atoms with Crippen molar-refractivity contribution in [2.45, 2.75) is 33.3 Å². The Hall–Kier alpha value is -1.06. The zero-order valence-electron chi connectivity index (χ0n) is 9.16. The Kier molecular flexibility index (Phi) is 2.56. The molecule has 1 saturated heterocycles. The quantitative estimate of drug-likeness (QED) is 0.600. The zero-order chi connectivity index (χ0) is 11.0. The van der Waals surface area contributed by atoms with Crippen LogP contribution >= 0.6 is 0 Å². The van der Waals surface area contributed by atoms with Gasteiger partial charge in [0, 0.05) is 13.1 Å². The lowest BCUT2D eigenvalue weighted by molar-refractivity contribution is -0.123. The summed E-state index contributed by atoms with van der Waals surface area (Å²) in [4.78, 5) is 23.6. The smallest absolute Gasteiger partial charge is 0.410 e. The number of amides is 1. The summed E-state index contributed by atoms with van der Waals surface area (Å²) in [6.07, 6.45) is 0.560. The third-order valence-corrected chi connectivity index (χ3v) is 2.04. The van der Waals surface area contributed by atoms with Gasteiger partial charge in [-0.25, -0.2) is 4.79 Å². The van der Waals surface area contributed by atoms with E-state index in [0.717, 1.165) is 6.29 Å². The summed E-state index contributed by atoms with van der Waals surface area (Å²) in [6.45, 7) is 8.23. The summed E-state index contributed by atoms with van der Waals surface area (Å²) in [5, 5.41) is 0. The molecular formula is C10H17NO3. The summed E-state index contributed by atoms with van der Waals surface area (Å²) in [5.74, 6) is 0. The van der Waals surface area contributed by atoms with Gasteiger partial charge in [-0.3, -0.25) is 0 Å². The van der Waals surface area contributed by atoms with E-state index in [-0.39, 0.29) is 11.5 Å². The summed E-state index contributed by atoms with van der Waals surface area (Å²) in [6, 6.07) is 0. The molecule has 0 aromatic heterocycles. The van der Waals surface area contributed by atoms with E-state index in [4.69, 9.17) is 4.74 Å². The van der Waals surface area contributed by atoms with Gasteiger partial charge in [0.1, 0.15) is 11.9 Å². The number of rotatable bonds is 1. The fourth-order valence-corrected chi connectivity index (χ4v) is 1.36. The Labute approximate surface area is 84.2 Å². The van der Waals surface area contributed by atoms with Gasteiger partial charge in [0.15, 0.2) is 0 Å². The average Bonchev–Trinajstić information content (AvgIpc) is 1.95. The summed E-state index contributed by atoms with van der Waals surface area (Å²) in [5.41, 5.74) is -0.832. The van der Waals surface area contributed by atoms with Gasteiger partial charge in [-0.15, -0.1) is 0 Å². The van der Waals surface area contributed by atoms with Crippen LogP contribution in [0.15, 0.2) is 0 Å². The predicted octanol–water partition coefficient (Wildman–Crippen LogP) is 1.44. The van der Waals surface area contributed by atoms with Gasteiger partial charge in [-0.1, -0.05) is 0 Å². The minimum absolute atomic E-state index is 0.336. The van der Waals surface area contributed by atoms with Gasteiger partial charge < -0.3 is 14.4 Å². The first-order valence-electron chi connectivity index (χ1n) is 4.70. The molecule has 1 rings (SSSR count). The molecule has 0 aliphatic carbocycles. The largest absolute Gasteiger partial charge is 0.444 e. The van der Waals surface area contributed by atoms with E-state index in [1.165, 1.54) is 0 Å². The van der Waals surface area contributed by atoms with Gasteiger partial charge in [-0.2, -0.15) is 0 Å². The summed E-state index contributed by atoms with van der Waals surface area (Å²) >= 11 is 0. The number of nitrogens with zero attached hydrogens (tertiary/aromatic N) is 1. The SMILES string of the molecule is CC1(C=O)CN(C(=O)OC(C)(C)C)C1. The number of carbonyl (C=O) groups excluding carboxylic acids is 2. The van der Waals surface area contributed by atoms with Crippen molar-refractivity contribution >= 4 is 12.4 Å². The van der Waals surface area contributed by atoms with E-state index < -0.39 is 5.60 Å². The van der Waals surface area contributed by atoms with Crippen LogP contribution in [0.3, 0.4) is 0 Å². The van der Waals surface area contributed by atoms with Crippen molar-refractivity contribution in [1.82, 2.24) is 4.90 Å². The Morgan fingerprint density at radius 1 is 1.43 bits per heavy atom. The van der Waals surface area contributed by atoms with E-state index in [2.05, 4.69) is 0 Å². The molecule has 0 unspecified atom stereocenters. The van der Waals surface area contributed by atoms with Crippen molar-refractivity contribution in [3.05, 3.63) is 0 Å². The third kappa shape index (κ3) is 2.47. The predicted molar refractivity (Wildman–Crippen MR) is 52.0 cm³/mol. The molecule has 14 heavy (non-hydrogen) atoms. The Morgan fingerprint density at radius 2 is 1.93 bits per heavy atom. The minimum atomic E-state index is -0.468. The molecule has 0 aromatic rings. The summed E-state index contributed by atoms with van der Waals surface area (Å²) in [7, 11) is 0. The first-order valence-corrected chi connectivity index (χ1v) is 4.70. The lowest BCUT2D eigenvalue weighted by Gasteiger charge is -2.44. The molecule has 0 N–H and O–H groups in total. The minimum Gasteiger partial charge on any atom is -0.444 e. The normalized spacial score (nSPS) is 19.9. The molecule has 1 aliphatic rings. The molecule has 0 radical (unpaired) electrons. The molecule has 4 heteroatoms. The topological polar surface area (TPSA) is 46.6 Å². The molecule has 0 atom stereocenters. The van der Waals surface area contributed by atoms with Crippen molar-refractivity contribution in [3.63, 3.8) is 0 Å². The highest BCUT2D eigenvalue weighted by Crippen LogP contribution is 2.28. The van der Waals surface area contributed by atoms with Crippen molar-refractivity contribution < 1.29 is 14.3 Å². The highest BCUT2D eigenvalue weighted by atomic mass is 16.6. The lowest BCUT2D eigenvalue weighted by atomic mass is 9.84. The van der Waals surface area contributed by atoms with Crippen molar-refractivity contribution in [2.24, 2.45) is 5.41 Å². The maximum atomic E-state index is 11.4. The van der Waals surface area contributed by atoms with Gasteiger partial charge in [0.05, 0.1) is 5.41 Å². The van der Waals surface area contributed by atoms with Crippen molar-refractivity contribution in [2.75, 3.05) is 13.1 Å². The van der Waals surface area contributed by atoms with Crippen LogP contribution in [0, 0.1) is 5.41 Å². The maximum absolute atomic E-state index is 11.4. The first kappa shape index (κ1) is 11.0. The third-order valence-electron chi connectivity index (χ3n) is 2.04. The van der Waals surface area contributed by atoms with Crippen LogP contribution in [0.25, 0.3) is 0 Å². The second-order valence-electron chi connectivity index (χ2n) is 5.11. The number of carbonyl (C=O) groups is 2. The fraction of sp³-hybridized carbons (Fsp3) is 0.800. The highest BCUT2D eigenvalue weighted by Gasteiger charge is 2.42. The second-order valence-corrected chi connectivity index (χ2v) is 5.11. The summed E-state index contributed by atoms with van der Waals surface area (Å²) < 4.78 is 5.15. The van der Waals surface area contributed by atoms with Gasteiger partial charge >= 0.3 is 6.09 Å².